The van der Waals surface area contributed by atoms with E-state index >= 15 is 0 Å². The number of amides is 1. The van der Waals surface area contributed by atoms with Gasteiger partial charge in [-0.3, -0.25) is 9.78 Å². The number of rotatable bonds is 5. The van der Waals surface area contributed by atoms with Crippen LogP contribution in [0.15, 0.2) is 67.1 Å². The Balaban J connectivity index is 1.20. The minimum atomic E-state index is 0.0106. The molecule has 1 fully saturated rings. The molecule has 4 aromatic rings. The number of carbonyl (C=O) groups excluding carboxylic acids is 1. The topological polar surface area (TPSA) is 59.7 Å². The number of likely N-dealkylation sites (tertiary alicyclic amines) is 1. The highest BCUT2D eigenvalue weighted by Gasteiger charge is 2.26. The number of methoxy groups -OCH3 is 1. The Morgan fingerprint density at radius 3 is 2.70 bits per heavy atom. The van der Waals surface area contributed by atoms with E-state index in [9.17, 15) is 4.79 Å². The van der Waals surface area contributed by atoms with Crippen molar-refractivity contribution in [3.63, 3.8) is 0 Å². The van der Waals surface area contributed by atoms with Gasteiger partial charge in [-0.25, -0.2) is 4.98 Å². The molecule has 6 heteroatoms. The summed E-state index contributed by atoms with van der Waals surface area (Å²) >= 11 is 0. The predicted molar refractivity (Wildman–Crippen MR) is 128 cm³/mol. The van der Waals surface area contributed by atoms with E-state index in [-0.39, 0.29) is 5.91 Å². The fourth-order valence-electron chi connectivity index (χ4n) is 4.53. The van der Waals surface area contributed by atoms with Crippen LogP contribution in [-0.2, 0) is 6.42 Å². The van der Waals surface area contributed by atoms with Gasteiger partial charge in [-0.2, -0.15) is 0 Å². The van der Waals surface area contributed by atoms with Gasteiger partial charge >= 0.3 is 0 Å². The van der Waals surface area contributed by atoms with E-state index < -0.39 is 0 Å². The van der Waals surface area contributed by atoms with Crippen molar-refractivity contribution in [1.29, 1.82) is 0 Å². The second kappa shape index (κ2) is 9.06. The second-order valence-electron chi connectivity index (χ2n) is 8.78. The van der Waals surface area contributed by atoms with Gasteiger partial charge < -0.3 is 14.0 Å². The Morgan fingerprint density at radius 2 is 1.94 bits per heavy atom. The molecular formula is C27H28N4O2. The highest BCUT2D eigenvalue weighted by molar-refractivity contribution is 5.93. The first-order valence-electron chi connectivity index (χ1n) is 11.4. The smallest absolute Gasteiger partial charge is 0.274 e. The Bertz CT molecular complexity index is 1270. The first kappa shape index (κ1) is 21.2. The highest BCUT2D eigenvalue weighted by Crippen LogP contribution is 2.28. The van der Waals surface area contributed by atoms with Gasteiger partial charge in [0.05, 0.1) is 7.11 Å². The molecule has 168 valence electrons. The maximum absolute atomic E-state index is 13.0. The minimum absolute atomic E-state index is 0.0106. The summed E-state index contributed by atoms with van der Waals surface area (Å²) in [6, 6.07) is 16.4. The van der Waals surface area contributed by atoms with Gasteiger partial charge in [0.2, 0.25) is 0 Å². The van der Waals surface area contributed by atoms with Crippen LogP contribution in [0.2, 0.25) is 0 Å². The Kier molecular flexibility index (Phi) is 5.82. The van der Waals surface area contributed by atoms with Crippen LogP contribution < -0.4 is 4.74 Å². The molecule has 3 aromatic heterocycles. The van der Waals surface area contributed by atoms with E-state index in [1.54, 1.807) is 7.11 Å². The van der Waals surface area contributed by atoms with Crippen LogP contribution in [0, 0.1) is 6.92 Å². The molecule has 33 heavy (non-hydrogen) atoms. The summed E-state index contributed by atoms with van der Waals surface area (Å²) in [5.41, 5.74) is 5.96. The zero-order valence-corrected chi connectivity index (χ0v) is 19.1. The number of aromatic nitrogens is 3. The summed E-state index contributed by atoms with van der Waals surface area (Å²) in [5, 5.41) is 0. The van der Waals surface area contributed by atoms with Gasteiger partial charge in [0.25, 0.3) is 5.91 Å². The van der Waals surface area contributed by atoms with E-state index in [0.29, 0.717) is 11.6 Å². The fraction of sp³-hybridized carbons (Fsp3) is 0.296. The Morgan fingerprint density at radius 1 is 1.09 bits per heavy atom. The van der Waals surface area contributed by atoms with Crippen molar-refractivity contribution in [2.75, 3.05) is 20.2 Å². The average Bonchev–Trinajstić information content (AvgIpc) is 3.27. The van der Waals surface area contributed by atoms with E-state index in [2.05, 4.69) is 29.2 Å². The van der Waals surface area contributed by atoms with Gasteiger partial charge in [-0.15, -0.1) is 0 Å². The molecule has 1 saturated heterocycles. The van der Waals surface area contributed by atoms with Crippen LogP contribution in [0.25, 0.3) is 5.65 Å². The van der Waals surface area contributed by atoms with Crippen molar-refractivity contribution in [1.82, 2.24) is 19.3 Å². The molecule has 0 bridgehead atoms. The van der Waals surface area contributed by atoms with Crippen LogP contribution >= 0.6 is 0 Å². The molecule has 0 N–H and O–H groups in total. The lowest BCUT2D eigenvalue weighted by Gasteiger charge is -2.31. The van der Waals surface area contributed by atoms with Crippen molar-refractivity contribution in [2.24, 2.45) is 0 Å². The second-order valence-corrected chi connectivity index (χ2v) is 8.78. The average molecular weight is 441 g/mol. The number of benzene rings is 1. The molecule has 6 nitrogen and oxygen atoms in total. The summed E-state index contributed by atoms with van der Waals surface area (Å²) in [4.78, 5) is 24.2. The molecule has 5 rings (SSSR count). The Hall–Kier alpha value is -3.67. The van der Waals surface area contributed by atoms with E-state index in [1.807, 2.05) is 59.1 Å². The number of ether oxygens (including phenoxy) is 1. The largest absolute Gasteiger partial charge is 0.497 e. The molecule has 0 radical (unpaired) electrons. The lowest BCUT2D eigenvalue weighted by molar-refractivity contribution is 0.0707. The Labute approximate surface area is 193 Å². The maximum atomic E-state index is 13.0. The molecular weight excluding hydrogens is 412 g/mol. The van der Waals surface area contributed by atoms with Crippen LogP contribution in [0.3, 0.4) is 0 Å². The van der Waals surface area contributed by atoms with Crippen LogP contribution in [0.1, 0.15) is 51.6 Å². The molecule has 1 aromatic carbocycles. The first-order chi connectivity index (χ1) is 16.1. The van der Waals surface area contributed by atoms with E-state index in [1.165, 1.54) is 11.1 Å². The third-order valence-corrected chi connectivity index (χ3v) is 6.43. The van der Waals surface area contributed by atoms with Gasteiger partial charge in [0.15, 0.2) is 0 Å². The summed E-state index contributed by atoms with van der Waals surface area (Å²) in [7, 11) is 1.69. The first-order valence-corrected chi connectivity index (χ1v) is 11.4. The maximum Gasteiger partial charge on any atom is 0.274 e. The van der Waals surface area contributed by atoms with Crippen molar-refractivity contribution in [3.8, 4) is 5.75 Å². The van der Waals surface area contributed by atoms with Crippen molar-refractivity contribution < 1.29 is 9.53 Å². The number of hydrogen-bond donors (Lipinski definition) is 0. The molecule has 0 unspecified atom stereocenters. The van der Waals surface area contributed by atoms with Crippen LogP contribution in [0.4, 0.5) is 0 Å². The van der Waals surface area contributed by atoms with Gasteiger partial charge in [0, 0.05) is 43.3 Å². The summed E-state index contributed by atoms with van der Waals surface area (Å²) < 4.78 is 7.22. The van der Waals surface area contributed by atoms with Crippen molar-refractivity contribution in [3.05, 3.63) is 95.2 Å². The molecule has 0 saturated carbocycles. The third-order valence-electron chi connectivity index (χ3n) is 6.43. The van der Waals surface area contributed by atoms with Crippen molar-refractivity contribution >= 4 is 11.6 Å². The number of carbonyl (C=O) groups is 1. The van der Waals surface area contributed by atoms with Crippen LogP contribution in [0.5, 0.6) is 5.75 Å². The number of nitrogens with zero attached hydrogens (tertiary/aromatic N) is 4. The van der Waals surface area contributed by atoms with Crippen molar-refractivity contribution in [2.45, 2.75) is 32.1 Å². The molecule has 0 spiro atoms. The van der Waals surface area contributed by atoms with Gasteiger partial charge in [0.1, 0.15) is 17.1 Å². The quantitative estimate of drug-likeness (QED) is 0.453. The van der Waals surface area contributed by atoms with Crippen LogP contribution in [-0.4, -0.2) is 45.4 Å². The monoisotopic (exact) mass is 440 g/mol. The third kappa shape index (κ3) is 4.60. The minimum Gasteiger partial charge on any atom is -0.497 e. The number of pyridine rings is 2. The number of fused-ring (bicyclic) bond motifs is 1. The number of hydrogen-bond acceptors (Lipinski definition) is 4. The summed E-state index contributed by atoms with van der Waals surface area (Å²) in [5.74, 6) is 1.26. The molecule has 1 amide bonds. The standard InChI is InChI=1S/C27H28N4O2/c1-19-8-11-31-18-25(29-26(31)14-19)27(32)30-12-9-22(10-13-30)24-7-6-21(17-28-24)15-20-4-3-5-23(16-20)33-2/h3-8,11,14,16-18,22H,9-10,12-13,15H2,1-2H3. The van der Waals surface area contributed by atoms with E-state index in [0.717, 1.165) is 55.0 Å². The van der Waals surface area contributed by atoms with Gasteiger partial charge in [-0.1, -0.05) is 18.2 Å². The number of imidazole rings is 1. The zero-order valence-electron chi connectivity index (χ0n) is 19.1. The lowest BCUT2D eigenvalue weighted by atomic mass is 9.92. The van der Waals surface area contributed by atoms with E-state index in [4.69, 9.17) is 9.72 Å². The lowest BCUT2D eigenvalue weighted by Crippen LogP contribution is -2.38. The zero-order chi connectivity index (χ0) is 22.8. The summed E-state index contributed by atoms with van der Waals surface area (Å²) in [6.07, 6.45) is 8.41. The molecule has 4 heterocycles. The predicted octanol–water partition coefficient (Wildman–Crippen LogP) is 4.66. The molecule has 1 aliphatic rings. The normalized spacial score (nSPS) is 14.5. The molecule has 0 aliphatic carbocycles. The fourth-order valence-corrected chi connectivity index (χ4v) is 4.53. The molecule has 0 atom stereocenters. The molecule has 1 aliphatic heterocycles. The number of piperidine rings is 1. The number of aryl methyl sites for hydroxylation is 1. The van der Waals surface area contributed by atoms with Gasteiger partial charge in [-0.05, 0) is 73.2 Å². The SMILES string of the molecule is COc1cccc(Cc2ccc(C3CCN(C(=O)c4cn5ccc(C)cc5n4)CC3)nc2)c1. The highest BCUT2D eigenvalue weighted by atomic mass is 16.5. The summed E-state index contributed by atoms with van der Waals surface area (Å²) in [6.45, 7) is 3.48.